The SMILES string of the molecule is CCCCCCCCCCOc1cc2c(=O)c(C(=O)[O-])c[nH]c2cc1OCC.[Na+]. The van der Waals surface area contributed by atoms with Crippen molar-refractivity contribution in [1.82, 2.24) is 4.98 Å². The van der Waals surface area contributed by atoms with Gasteiger partial charge in [0.1, 0.15) is 0 Å². The van der Waals surface area contributed by atoms with E-state index < -0.39 is 17.0 Å². The number of unbranched alkanes of at least 4 members (excludes halogenated alkanes) is 7. The minimum Gasteiger partial charge on any atom is -0.545 e. The van der Waals surface area contributed by atoms with Crippen LogP contribution in [-0.4, -0.2) is 24.2 Å². The standard InChI is InChI=1S/C22H31NO5.Na/c1-3-5-6-7-8-9-10-11-12-28-19-13-16-18(14-20(19)27-4-2)23-15-17(21(16)24)22(25)26;/h13-15H,3-12H2,1-2H3,(H,23,24)(H,25,26);/q;+1/p-1. The van der Waals surface area contributed by atoms with Gasteiger partial charge in [-0.15, -0.1) is 0 Å². The topological polar surface area (TPSA) is 91.5 Å². The van der Waals surface area contributed by atoms with Gasteiger partial charge in [0.15, 0.2) is 16.9 Å². The number of benzene rings is 1. The fourth-order valence-corrected chi connectivity index (χ4v) is 3.18. The number of carbonyl (C=O) groups is 1. The summed E-state index contributed by atoms with van der Waals surface area (Å²) in [5.41, 5.74) is -0.489. The molecule has 0 amide bonds. The summed E-state index contributed by atoms with van der Waals surface area (Å²) >= 11 is 0. The van der Waals surface area contributed by atoms with Crippen molar-refractivity contribution in [2.75, 3.05) is 13.2 Å². The zero-order valence-corrected chi connectivity index (χ0v) is 19.8. The Balaban J connectivity index is 0.00000420. The van der Waals surface area contributed by atoms with E-state index in [-0.39, 0.29) is 34.9 Å². The Morgan fingerprint density at radius 1 is 0.966 bits per heavy atom. The molecule has 1 heterocycles. The number of carboxylic acid groups (broad SMARTS) is 1. The van der Waals surface area contributed by atoms with Gasteiger partial charge in [0, 0.05) is 12.3 Å². The Kier molecular flexibility index (Phi) is 12.0. The fourth-order valence-electron chi connectivity index (χ4n) is 3.18. The van der Waals surface area contributed by atoms with Crippen molar-refractivity contribution in [2.24, 2.45) is 0 Å². The molecule has 7 heteroatoms. The van der Waals surface area contributed by atoms with Crippen LogP contribution in [-0.2, 0) is 0 Å². The number of fused-ring (bicyclic) bond motifs is 1. The van der Waals surface area contributed by atoms with Crippen molar-refractivity contribution in [2.45, 2.75) is 65.2 Å². The van der Waals surface area contributed by atoms with Crippen molar-refractivity contribution in [1.29, 1.82) is 0 Å². The van der Waals surface area contributed by atoms with Crippen LogP contribution < -0.4 is 49.6 Å². The first-order valence-corrected chi connectivity index (χ1v) is 10.2. The number of carboxylic acids is 1. The third kappa shape index (κ3) is 7.68. The number of carbonyl (C=O) groups excluding carboxylic acids is 1. The molecule has 0 aliphatic rings. The van der Waals surface area contributed by atoms with E-state index in [1.165, 1.54) is 38.5 Å². The minimum absolute atomic E-state index is 0. The molecule has 0 unspecified atom stereocenters. The molecule has 0 fully saturated rings. The van der Waals surface area contributed by atoms with Crippen LogP contribution in [0.1, 0.15) is 75.6 Å². The first-order chi connectivity index (χ1) is 13.6. The Hall–Kier alpha value is -1.50. The zero-order valence-electron chi connectivity index (χ0n) is 17.8. The summed E-state index contributed by atoms with van der Waals surface area (Å²) in [6.07, 6.45) is 10.8. The van der Waals surface area contributed by atoms with E-state index in [4.69, 9.17) is 9.47 Å². The van der Waals surface area contributed by atoms with E-state index >= 15 is 0 Å². The molecule has 0 atom stereocenters. The number of hydrogen-bond acceptors (Lipinski definition) is 5. The molecule has 1 aromatic heterocycles. The predicted molar refractivity (Wildman–Crippen MR) is 108 cm³/mol. The second-order valence-corrected chi connectivity index (χ2v) is 6.92. The van der Waals surface area contributed by atoms with Crippen LogP contribution in [0.3, 0.4) is 0 Å². The number of aromatic carboxylic acids is 1. The molecule has 2 rings (SSSR count). The molecular weight excluding hydrogens is 381 g/mol. The van der Waals surface area contributed by atoms with Crippen LogP contribution >= 0.6 is 0 Å². The summed E-state index contributed by atoms with van der Waals surface area (Å²) in [5.74, 6) is -0.511. The van der Waals surface area contributed by atoms with Crippen LogP contribution in [0.4, 0.5) is 0 Å². The summed E-state index contributed by atoms with van der Waals surface area (Å²) in [7, 11) is 0. The Morgan fingerprint density at radius 2 is 1.59 bits per heavy atom. The fraction of sp³-hybridized carbons (Fsp3) is 0.545. The molecule has 29 heavy (non-hydrogen) atoms. The smallest absolute Gasteiger partial charge is 0.545 e. The van der Waals surface area contributed by atoms with E-state index in [1.54, 1.807) is 12.1 Å². The molecule has 0 bridgehead atoms. The van der Waals surface area contributed by atoms with E-state index in [1.807, 2.05) is 6.92 Å². The first-order valence-electron chi connectivity index (χ1n) is 10.2. The van der Waals surface area contributed by atoms with Gasteiger partial charge in [-0.1, -0.05) is 51.9 Å². The minimum atomic E-state index is -1.50. The van der Waals surface area contributed by atoms with Gasteiger partial charge in [-0.05, 0) is 19.4 Å². The second kappa shape index (κ2) is 13.7. The van der Waals surface area contributed by atoms with E-state index in [0.29, 0.717) is 30.2 Å². The Bertz CT molecular complexity index is 834. The maximum atomic E-state index is 12.4. The van der Waals surface area contributed by atoms with Crippen LogP contribution in [0.5, 0.6) is 11.5 Å². The van der Waals surface area contributed by atoms with E-state index in [0.717, 1.165) is 19.0 Å². The number of H-pyrrole nitrogens is 1. The van der Waals surface area contributed by atoms with Gasteiger partial charge in [-0.3, -0.25) is 4.79 Å². The van der Waals surface area contributed by atoms with E-state index in [2.05, 4.69) is 11.9 Å². The maximum Gasteiger partial charge on any atom is 1.00 e. The average molecular weight is 411 g/mol. The molecule has 2 aromatic rings. The van der Waals surface area contributed by atoms with Crippen LogP contribution in [0, 0.1) is 0 Å². The monoisotopic (exact) mass is 411 g/mol. The van der Waals surface area contributed by atoms with Crippen LogP contribution in [0.25, 0.3) is 10.9 Å². The molecule has 0 radical (unpaired) electrons. The van der Waals surface area contributed by atoms with Gasteiger partial charge in [0.2, 0.25) is 0 Å². The molecule has 1 N–H and O–H groups in total. The third-order valence-corrected chi connectivity index (χ3v) is 4.72. The first kappa shape index (κ1) is 25.5. The number of aromatic amines is 1. The molecule has 1 aromatic carbocycles. The zero-order chi connectivity index (χ0) is 20.4. The molecule has 0 saturated carbocycles. The number of rotatable bonds is 13. The number of ether oxygens (including phenoxy) is 2. The number of aromatic nitrogens is 1. The molecule has 154 valence electrons. The van der Waals surface area contributed by atoms with Gasteiger partial charge in [-0.25, -0.2) is 0 Å². The van der Waals surface area contributed by atoms with Crippen molar-refractivity contribution in [3.05, 3.63) is 34.1 Å². The quantitative estimate of drug-likeness (QED) is 0.389. The van der Waals surface area contributed by atoms with Crippen molar-refractivity contribution >= 4 is 16.9 Å². The van der Waals surface area contributed by atoms with Crippen molar-refractivity contribution in [3.8, 4) is 11.5 Å². The second-order valence-electron chi connectivity index (χ2n) is 6.92. The largest absolute Gasteiger partial charge is 1.00 e. The maximum absolute atomic E-state index is 12.4. The van der Waals surface area contributed by atoms with E-state index in [9.17, 15) is 14.7 Å². The van der Waals surface area contributed by atoms with Crippen LogP contribution in [0.2, 0.25) is 0 Å². The summed E-state index contributed by atoms with van der Waals surface area (Å²) in [6.45, 7) is 5.07. The van der Waals surface area contributed by atoms with Crippen LogP contribution in [0.15, 0.2) is 23.1 Å². The van der Waals surface area contributed by atoms with Crippen molar-refractivity contribution < 1.29 is 48.9 Å². The summed E-state index contributed by atoms with van der Waals surface area (Å²) in [5, 5.41) is 11.3. The number of pyridine rings is 1. The van der Waals surface area contributed by atoms with Gasteiger partial charge in [0.05, 0.1) is 35.6 Å². The molecule has 0 aliphatic heterocycles. The normalized spacial score (nSPS) is 10.6. The van der Waals surface area contributed by atoms with Crippen molar-refractivity contribution in [3.63, 3.8) is 0 Å². The Labute approximate surface area is 194 Å². The van der Waals surface area contributed by atoms with Gasteiger partial charge in [-0.2, -0.15) is 0 Å². The van der Waals surface area contributed by atoms with Gasteiger partial charge < -0.3 is 24.4 Å². The summed E-state index contributed by atoms with van der Waals surface area (Å²) < 4.78 is 11.5. The molecular formula is C22H30NNaO5. The average Bonchev–Trinajstić information content (AvgIpc) is 2.67. The number of hydrogen-bond donors (Lipinski definition) is 1. The van der Waals surface area contributed by atoms with Gasteiger partial charge in [0.25, 0.3) is 0 Å². The third-order valence-electron chi connectivity index (χ3n) is 4.72. The molecule has 0 spiro atoms. The Morgan fingerprint density at radius 3 is 2.21 bits per heavy atom. The predicted octanol–water partition coefficient (Wildman–Crippen LogP) is 0.814. The molecule has 6 nitrogen and oxygen atoms in total. The van der Waals surface area contributed by atoms with Gasteiger partial charge >= 0.3 is 29.6 Å². The molecule has 0 saturated heterocycles. The molecule has 0 aliphatic carbocycles. The summed E-state index contributed by atoms with van der Waals surface area (Å²) in [4.78, 5) is 26.3. The number of nitrogens with one attached hydrogen (secondary N) is 1. The summed E-state index contributed by atoms with van der Waals surface area (Å²) in [6, 6.07) is 3.22.